The fourth-order valence-electron chi connectivity index (χ4n) is 6.33. The Balaban J connectivity index is 1.11. The van der Waals surface area contributed by atoms with Gasteiger partial charge in [0.25, 0.3) is 0 Å². The third-order valence-corrected chi connectivity index (χ3v) is 9.47. The number of thiazole rings is 1. The van der Waals surface area contributed by atoms with E-state index in [0.717, 1.165) is 76.5 Å². The first-order valence-corrected chi connectivity index (χ1v) is 14.5. The summed E-state index contributed by atoms with van der Waals surface area (Å²) in [5, 5.41) is 14.9. The predicted molar refractivity (Wildman–Crippen MR) is 149 cm³/mol. The molecule has 2 aliphatic heterocycles. The number of hydrogen-bond acceptors (Lipinski definition) is 8. The fourth-order valence-corrected chi connectivity index (χ4v) is 7.50. The number of benzene rings is 2. The van der Waals surface area contributed by atoms with Crippen LogP contribution in [0, 0.1) is 6.92 Å². The normalized spacial score (nSPS) is 22.5. The number of hydrogen-bond donors (Lipinski definition) is 1. The minimum absolute atomic E-state index is 0.160. The minimum Gasteiger partial charge on any atom is -0.494 e. The molecule has 1 saturated carbocycles. The Morgan fingerprint density at radius 1 is 1.15 bits per heavy atom. The van der Waals surface area contributed by atoms with E-state index in [1.54, 1.807) is 30.6 Å². The molecule has 2 aromatic carbocycles. The number of aromatic carboxylic acids is 1. The van der Waals surface area contributed by atoms with Crippen LogP contribution in [0.4, 0.5) is 5.13 Å². The highest BCUT2D eigenvalue weighted by Crippen LogP contribution is 2.46. The van der Waals surface area contributed by atoms with Gasteiger partial charge in [0.05, 0.1) is 30.1 Å². The van der Waals surface area contributed by atoms with E-state index >= 15 is 0 Å². The van der Waals surface area contributed by atoms with Gasteiger partial charge in [-0.3, -0.25) is 0 Å². The number of aromatic nitrogens is 2. The number of fused-ring (bicyclic) bond motifs is 3. The van der Waals surface area contributed by atoms with Gasteiger partial charge in [-0.1, -0.05) is 40.8 Å². The van der Waals surface area contributed by atoms with E-state index < -0.39 is 5.97 Å². The summed E-state index contributed by atoms with van der Waals surface area (Å²) in [7, 11) is 1.56. The van der Waals surface area contributed by atoms with Crippen molar-refractivity contribution in [3.63, 3.8) is 0 Å². The zero-order valence-corrected chi connectivity index (χ0v) is 22.9. The van der Waals surface area contributed by atoms with Crippen molar-refractivity contribution in [1.82, 2.24) is 10.1 Å². The molecule has 1 N–H and O–H groups in total. The third-order valence-electron chi connectivity index (χ3n) is 8.46. The molecular weight excluding hydrogens is 514 g/mol. The molecule has 2 saturated heterocycles. The van der Waals surface area contributed by atoms with Gasteiger partial charge in [-0.25, -0.2) is 9.78 Å². The van der Waals surface area contributed by atoms with Crippen LogP contribution in [0.2, 0.25) is 0 Å². The van der Waals surface area contributed by atoms with Crippen molar-refractivity contribution in [2.75, 3.05) is 12.0 Å². The van der Waals surface area contributed by atoms with Gasteiger partial charge in [0.15, 0.2) is 5.13 Å². The molecule has 1 aliphatic carbocycles. The Labute approximate surface area is 230 Å². The number of carboxylic acid groups (broad SMARTS) is 1. The molecule has 3 atom stereocenters. The van der Waals surface area contributed by atoms with Crippen LogP contribution in [0.1, 0.15) is 71.7 Å². The first-order valence-electron chi connectivity index (χ1n) is 13.7. The SMILES string of the molecule is COc1cc(C(=O)O)cc2sc(N3C4CC[C@H]3C[C@H](OCc3c(-c5ccccc5C)noc3C3CC3)C4)nc12. The van der Waals surface area contributed by atoms with Gasteiger partial charge >= 0.3 is 5.97 Å². The van der Waals surface area contributed by atoms with Crippen LogP contribution in [0.5, 0.6) is 5.75 Å². The Morgan fingerprint density at radius 2 is 1.92 bits per heavy atom. The summed E-state index contributed by atoms with van der Waals surface area (Å²) >= 11 is 1.55. The second kappa shape index (κ2) is 9.64. The molecular formula is C30H31N3O5S. The maximum Gasteiger partial charge on any atom is 0.335 e. The molecule has 202 valence electrons. The van der Waals surface area contributed by atoms with E-state index in [4.69, 9.17) is 19.0 Å². The number of aryl methyl sites for hydroxylation is 1. The average Bonchev–Trinajstić information content (AvgIpc) is 3.45. The summed E-state index contributed by atoms with van der Waals surface area (Å²) in [5.41, 5.74) is 5.26. The predicted octanol–water partition coefficient (Wildman–Crippen LogP) is 6.56. The Bertz CT molecular complexity index is 1540. The zero-order valence-electron chi connectivity index (χ0n) is 22.1. The van der Waals surface area contributed by atoms with Crippen molar-refractivity contribution in [2.45, 2.75) is 76.2 Å². The van der Waals surface area contributed by atoms with Gasteiger partial charge in [0.2, 0.25) is 0 Å². The largest absolute Gasteiger partial charge is 0.494 e. The quantitative estimate of drug-likeness (QED) is 0.266. The standard InChI is InChI=1S/C30H31N3O5S/c1-16-5-3-4-6-22(16)26-23(28(38-32-26)17-7-8-17)15-37-21-13-19-9-10-20(14-21)33(19)30-31-27-24(36-2)11-18(29(34)35)12-25(27)39-30/h3-6,11-12,17,19-21H,7-10,13-15H2,1-2H3,(H,34,35)/t19-,20?,21-/m0/s1. The van der Waals surface area contributed by atoms with Crippen LogP contribution in [0.3, 0.4) is 0 Å². The second-order valence-corrected chi connectivity index (χ2v) is 12.0. The van der Waals surface area contributed by atoms with E-state index in [2.05, 4.69) is 29.1 Å². The van der Waals surface area contributed by atoms with Gasteiger partial charge in [0, 0.05) is 29.1 Å². The van der Waals surface area contributed by atoms with Crippen LogP contribution in [0.15, 0.2) is 40.9 Å². The van der Waals surface area contributed by atoms with Crippen LogP contribution >= 0.6 is 11.3 Å². The van der Waals surface area contributed by atoms with Gasteiger partial charge in [-0.15, -0.1) is 0 Å². The molecule has 39 heavy (non-hydrogen) atoms. The Morgan fingerprint density at radius 3 is 2.62 bits per heavy atom. The first kappa shape index (κ1) is 24.6. The van der Waals surface area contributed by atoms with Crippen LogP contribution < -0.4 is 9.64 Å². The highest BCUT2D eigenvalue weighted by molar-refractivity contribution is 7.22. The van der Waals surface area contributed by atoms with E-state index in [1.165, 1.54) is 5.56 Å². The molecule has 2 bridgehead atoms. The number of carbonyl (C=O) groups is 1. The number of methoxy groups -OCH3 is 1. The molecule has 3 fully saturated rings. The van der Waals surface area contributed by atoms with Gasteiger partial charge in [0.1, 0.15) is 22.7 Å². The molecule has 3 aliphatic rings. The second-order valence-electron chi connectivity index (χ2n) is 11.0. The third kappa shape index (κ3) is 4.37. The molecule has 4 heterocycles. The van der Waals surface area contributed by atoms with E-state index in [9.17, 15) is 9.90 Å². The van der Waals surface area contributed by atoms with Crippen molar-refractivity contribution in [1.29, 1.82) is 0 Å². The summed E-state index contributed by atoms with van der Waals surface area (Å²) in [6.07, 6.45) is 6.55. The summed E-state index contributed by atoms with van der Waals surface area (Å²) in [6.45, 7) is 2.62. The lowest BCUT2D eigenvalue weighted by atomic mass is 9.99. The Hall–Kier alpha value is -3.43. The summed E-state index contributed by atoms with van der Waals surface area (Å²) in [5.74, 6) is 0.997. The molecule has 2 aromatic heterocycles. The monoisotopic (exact) mass is 545 g/mol. The van der Waals surface area contributed by atoms with Crippen LogP contribution in [-0.4, -0.2) is 46.5 Å². The topological polar surface area (TPSA) is 97.9 Å². The molecule has 7 rings (SSSR count). The Kier molecular flexibility index (Phi) is 6.08. The minimum atomic E-state index is -0.966. The maximum absolute atomic E-state index is 11.6. The van der Waals surface area contributed by atoms with Gasteiger partial charge in [-0.2, -0.15) is 0 Å². The summed E-state index contributed by atoms with van der Waals surface area (Å²) in [4.78, 5) is 19.0. The number of rotatable bonds is 8. The van der Waals surface area contributed by atoms with E-state index in [-0.39, 0.29) is 11.7 Å². The fraction of sp³-hybridized carbons (Fsp3) is 0.433. The number of carboxylic acids is 1. The van der Waals surface area contributed by atoms with Crippen molar-refractivity contribution in [3.05, 3.63) is 58.8 Å². The van der Waals surface area contributed by atoms with Crippen LogP contribution in [0.25, 0.3) is 21.5 Å². The van der Waals surface area contributed by atoms with Crippen molar-refractivity contribution < 1.29 is 23.9 Å². The maximum atomic E-state index is 11.6. The lowest BCUT2D eigenvalue weighted by Gasteiger charge is -2.38. The summed E-state index contributed by atoms with van der Waals surface area (Å²) < 4.78 is 18.8. The number of piperidine rings is 1. The van der Waals surface area contributed by atoms with Crippen molar-refractivity contribution in [3.8, 4) is 17.0 Å². The lowest BCUT2D eigenvalue weighted by molar-refractivity contribution is 0.0147. The number of nitrogens with zero attached hydrogens (tertiary/aromatic N) is 3. The average molecular weight is 546 g/mol. The highest BCUT2D eigenvalue weighted by Gasteiger charge is 2.43. The first-order chi connectivity index (χ1) is 19.0. The lowest BCUT2D eigenvalue weighted by Crippen LogP contribution is -2.45. The highest BCUT2D eigenvalue weighted by atomic mass is 32.1. The smallest absolute Gasteiger partial charge is 0.335 e. The van der Waals surface area contributed by atoms with Gasteiger partial charge < -0.3 is 24.0 Å². The molecule has 0 spiro atoms. The number of ether oxygens (including phenoxy) is 2. The molecule has 0 radical (unpaired) electrons. The van der Waals surface area contributed by atoms with Crippen molar-refractivity contribution >= 4 is 32.7 Å². The van der Waals surface area contributed by atoms with E-state index in [0.29, 0.717) is 30.4 Å². The molecule has 0 amide bonds. The summed E-state index contributed by atoms with van der Waals surface area (Å²) in [6, 6.07) is 12.3. The van der Waals surface area contributed by atoms with Gasteiger partial charge in [-0.05, 0) is 63.1 Å². The van der Waals surface area contributed by atoms with Crippen molar-refractivity contribution in [2.24, 2.45) is 0 Å². The number of anilines is 1. The molecule has 4 aromatic rings. The molecule has 8 nitrogen and oxygen atoms in total. The van der Waals surface area contributed by atoms with E-state index in [1.807, 2.05) is 12.1 Å². The zero-order chi connectivity index (χ0) is 26.7. The van der Waals surface area contributed by atoms with Crippen LogP contribution in [-0.2, 0) is 11.3 Å². The molecule has 9 heteroatoms. The molecule has 1 unspecified atom stereocenters.